The highest BCUT2D eigenvalue weighted by molar-refractivity contribution is 7.89. The first kappa shape index (κ1) is 14.8. The Morgan fingerprint density at radius 1 is 1.53 bits per heavy atom. The zero-order valence-corrected chi connectivity index (χ0v) is 12.9. The largest absolute Gasteiger partial charge is 0.318 e. The summed E-state index contributed by atoms with van der Waals surface area (Å²) < 4.78 is 28.4. The Balaban J connectivity index is 2.42. The molecule has 0 radical (unpaired) electrons. The van der Waals surface area contributed by atoms with E-state index in [1.54, 1.807) is 18.3 Å². The van der Waals surface area contributed by atoms with E-state index in [2.05, 4.69) is 10.4 Å². The first-order valence-electron chi connectivity index (χ1n) is 6.25. The number of likely N-dealkylation sites (N-methyl/N-ethyl adjacent to an activating group) is 1. The van der Waals surface area contributed by atoms with Crippen LogP contribution < -0.4 is 5.32 Å². The molecule has 1 atom stereocenters. The highest BCUT2D eigenvalue weighted by Crippen LogP contribution is 2.31. The minimum absolute atomic E-state index is 0.00864. The molecule has 1 saturated heterocycles. The molecule has 1 N–H and O–H groups in total. The Hall–Kier alpha value is -0.630. The predicted molar refractivity (Wildman–Crippen MR) is 73.8 cm³/mol. The van der Waals surface area contributed by atoms with Crippen molar-refractivity contribution in [2.45, 2.75) is 30.7 Å². The summed E-state index contributed by atoms with van der Waals surface area (Å²) in [4.78, 5) is 0.139. The molecule has 0 spiro atoms. The number of halogens is 1. The molecule has 1 aliphatic rings. The van der Waals surface area contributed by atoms with E-state index in [4.69, 9.17) is 11.6 Å². The van der Waals surface area contributed by atoms with Crippen LogP contribution in [0.3, 0.4) is 0 Å². The number of hydrogen-bond acceptors (Lipinski definition) is 4. The zero-order chi connectivity index (χ0) is 14.2. The van der Waals surface area contributed by atoms with Gasteiger partial charge < -0.3 is 5.32 Å². The smallest absolute Gasteiger partial charge is 0.248 e. The molecule has 2 heterocycles. The van der Waals surface area contributed by atoms with Gasteiger partial charge >= 0.3 is 0 Å². The summed E-state index contributed by atoms with van der Waals surface area (Å²) in [5.41, 5.74) is 0.447. The second kappa shape index (κ2) is 5.40. The zero-order valence-electron chi connectivity index (χ0n) is 11.4. The number of nitrogens with one attached hydrogen (secondary N) is 1. The van der Waals surface area contributed by atoms with Crippen LogP contribution in [0.4, 0.5) is 0 Å². The standard InChI is InChI=1S/C11H19ClN4O2S/c1-8-10(11(12)15(3)14-8)19(17,18)16-6-4-5-9(16)7-13-2/h9,13H,4-7H2,1-3H3/t9-/m0/s1. The van der Waals surface area contributed by atoms with Crippen molar-refractivity contribution >= 4 is 21.6 Å². The van der Waals surface area contributed by atoms with Crippen LogP contribution in [0.1, 0.15) is 18.5 Å². The molecular weight excluding hydrogens is 288 g/mol. The third-order valence-electron chi connectivity index (χ3n) is 3.43. The highest BCUT2D eigenvalue weighted by atomic mass is 35.5. The molecule has 0 aliphatic carbocycles. The fourth-order valence-electron chi connectivity index (χ4n) is 2.59. The van der Waals surface area contributed by atoms with Gasteiger partial charge in [-0.25, -0.2) is 8.42 Å². The quantitative estimate of drug-likeness (QED) is 0.891. The average Bonchev–Trinajstić information content (AvgIpc) is 2.86. The first-order chi connectivity index (χ1) is 8.89. The van der Waals surface area contributed by atoms with Crippen LogP contribution in [0.15, 0.2) is 4.90 Å². The maximum atomic E-state index is 12.7. The molecule has 1 aromatic heterocycles. The molecule has 108 valence electrons. The summed E-state index contributed by atoms with van der Waals surface area (Å²) in [5.74, 6) is 0. The van der Waals surface area contributed by atoms with E-state index in [9.17, 15) is 8.42 Å². The van der Waals surface area contributed by atoms with Crippen LogP contribution in [-0.2, 0) is 17.1 Å². The fourth-order valence-corrected chi connectivity index (χ4v) is 4.99. The summed E-state index contributed by atoms with van der Waals surface area (Å²) in [6.45, 7) is 2.86. The van der Waals surface area contributed by atoms with Crippen LogP contribution in [0.2, 0.25) is 5.15 Å². The van der Waals surface area contributed by atoms with E-state index >= 15 is 0 Å². The topological polar surface area (TPSA) is 67.2 Å². The van der Waals surface area contributed by atoms with E-state index in [1.807, 2.05) is 7.05 Å². The maximum absolute atomic E-state index is 12.7. The van der Waals surface area contributed by atoms with Crippen molar-refractivity contribution in [1.82, 2.24) is 19.4 Å². The predicted octanol–water partition coefficient (Wildman–Crippen LogP) is 0.754. The normalized spacial score (nSPS) is 21.2. The molecule has 0 unspecified atom stereocenters. The van der Waals surface area contributed by atoms with Crippen molar-refractivity contribution in [3.8, 4) is 0 Å². The number of aryl methyl sites for hydroxylation is 2. The van der Waals surface area contributed by atoms with Crippen molar-refractivity contribution in [3.63, 3.8) is 0 Å². The molecule has 1 aromatic rings. The van der Waals surface area contributed by atoms with Crippen LogP contribution in [0, 0.1) is 6.92 Å². The SMILES string of the molecule is CNC[C@@H]1CCCN1S(=O)(=O)c1c(C)nn(C)c1Cl. The van der Waals surface area contributed by atoms with Gasteiger partial charge in [-0.3, -0.25) is 4.68 Å². The lowest BCUT2D eigenvalue weighted by Gasteiger charge is -2.23. The van der Waals surface area contributed by atoms with Gasteiger partial charge in [0.25, 0.3) is 0 Å². The lowest BCUT2D eigenvalue weighted by molar-refractivity contribution is 0.379. The minimum Gasteiger partial charge on any atom is -0.318 e. The third-order valence-corrected chi connectivity index (χ3v) is 6.08. The summed E-state index contributed by atoms with van der Waals surface area (Å²) >= 11 is 6.08. The van der Waals surface area contributed by atoms with E-state index in [-0.39, 0.29) is 16.1 Å². The van der Waals surface area contributed by atoms with Crippen LogP contribution in [-0.4, -0.2) is 48.7 Å². The Morgan fingerprint density at radius 3 is 2.74 bits per heavy atom. The van der Waals surface area contributed by atoms with Gasteiger partial charge in [0.1, 0.15) is 10.0 Å². The van der Waals surface area contributed by atoms with E-state index in [0.29, 0.717) is 18.8 Å². The molecule has 2 rings (SSSR count). The fraction of sp³-hybridized carbons (Fsp3) is 0.727. The van der Waals surface area contributed by atoms with Gasteiger partial charge in [-0.2, -0.15) is 9.40 Å². The Bertz CT molecular complexity index is 569. The number of aromatic nitrogens is 2. The van der Waals surface area contributed by atoms with E-state index in [0.717, 1.165) is 12.8 Å². The van der Waals surface area contributed by atoms with Crippen LogP contribution in [0.25, 0.3) is 0 Å². The first-order valence-corrected chi connectivity index (χ1v) is 8.07. The number of sulfonamides is 1. The number of hydrogen-bond donors (Lipinski definition) is 1. The van der Waals surface area contributed by atoms with Crippen molar-refractivity contribution < 1.29 is 8.42 Å². The van der Waals surface area contributed by atoms with Crippen LogP contribution in [0.5, 0.6) is 0 Å². The van der Waals surface area contributed by atoms with E-state index in [1.165, 1.54) is 4.68 Å². The molecule has 0 aromatic carbocycles. The van der Waals surface area contributed by atoms with Crippen molar-refractivity contribution in [2.24, 2.45) is 7.05 Å². The van der Waals surface area contributed by atoms with Gasteiger partial charge in [-0.15, -0.1) is 0 Å². The molecule has 0 saturated carbocycles. The van der Waals surface area contributed by atoms with Crippen molar-refractivity contribution in [2.75, 3.05) is 20.1 Å². The second-order valence-corrected chi connectivity index (χ2v) is 6.98. The second-order valence-electron chi connectivity index (χ2n) is 4.80. The van der Waals surface area contributed by atoms with Gasteiger partial charge in [-0.05, 0) is 26.8 Å². The van der Waals surface area contributed by atoms with Gasteiger partial charge in [0.2, 0.25) is 10.0 Å². The van der Waals surface area contributed by atoms with Gasteiger partial charge in [0.15, 0.2) is 0 Å². The Morgan fingerprint density at radius 2 is 2.21 bits per heavy atom. The number of nitrogens with zero attached hydrogens (tertiary/aromatic N) is 3. The van der Waals surface area contributed by atoms with E-state index < -0.39 is 10.0 Å². The molecule has 6 nitrogen and oxygen atoms in total. The molecule has 1 aliphatic heterocycles. The monoisotopic (exact) mass is 306 g/mol. The number of rotatable bonds is 4. The third kappa shape index (κ3) is 2.52. The van der Waals surface area contributed by atoms with Gasteiger partial charge in [0.05, 0.1) is 5.69 Å². The molecule has 1 fully saturated rings. The molecule has 8 heteroatoms. The summed E-state index contributed by atoms with van der Waals surface area (Å²) in [6.07, 6.45) is 1.75. The Labute approximate surface area is 118 Å². The van der Waals surface area contributed by atoms with Crippen molar-refractivity contribution in [3.05, 3.63) is 10.8 Å². The van der Waals surface area contributed by atoms with Crippen LogP contribution >= 0.6 is 11.6 Å². The molecule has 0 amide bonds. The lowest BCUT2D eigenvalue weighted by Crippen LogP contribution is -2.41. The maximum Gasteiger partial charge on any atom is 0.248 e. The summed E-state index contributed by atoms with van der Waals surface area (Å²) in [7, 11) is -0.105. The molecule has 19 heavy (non-hydrogen) atoms. The van der Waals surface area contributed by atoms with Crippen molar-refractivity contribution in [1.29, 1.82) is 0 Å². The molecular formula is C11H19ClN4O2S. The summed E-state index contributed by atoms with van der Waals surface area (Å²) in [5, 5.41) is 7.29. The highest BCUT2D eigenvalue weighted by Gasteiger charge is 2.38. The average molecular weight is 307 g/mol. The molecule has 0 bridgehead atoms. The van der Waals surface area contributed by atoms with Gasteiger partial charge in [-0.1, -0.05) is 11.6 Å². The van der Waals surface area contributed by atoms with Gasteiger partial charge in [0, 0.05) is 26.2 Å². The minimum atomic E-state index is -3.57. The lowest BCUT2D eigenvalue weighted by atomic mass is 10.2. The summed E-state index contributed by atoms with van der Waals surface area (Å²) in [6, 6.07) is -0.00864. The Kier molecular flexibility index (Phi) is 4.20.